The lowest BCUT2D eigenvalue weighted by Crippen LogP contribution is -2.04. The SMILES string of the molecule is Cc1nc(-c2ccc(C(F)(F)F)cc2)cc(-c2nccc3c(N)cccc23)n1. The monoisotopic (exact) mass is 380 g/mol. The van der Waals surface area contributed by atoms with Gasteiger partial charge in [0.15, 0.2) is 0 Å². The number of halogens is 3. The highest BCUT2D eigenvalue weighted by Gasteiger charge is 2.30. The van der Waals surface area contributed by atoms with Crippen LogP contribution in [0.3, 0.4) is 0 Å². The van der Waals surface area contributed by atoms with Crippen molar-refractivity contribution in [1.29, 1.82) is 0 Å². The molecule has 0 atom stereocenters. The van der Waals surface area contributed by atoms with Crippen LogP contribution in [0.1, 0.15) is 11.4 Å². The Bertz CT molecular complexity index is 1170. The maximum atomic E-state index is 12.8. The highest BCUT2D eigenvalue weighted by atomic mass is 19.4. The molecule has 0 aliphatic heterocycles. The van der Waals surface area contributed by atoms with Crippen molar-refractivity contribution in [1.82, 2.24) is 15.0 Å². The number of anilines is 1. The van der Waals surface area contributed by atoms with E-state index in [4.69, 9.17) is 5.73 Å². The van der Waals surface area contributed by atoms with E-state index in [0.29, 0.717) is 34.2 Å². The van der Waals surface area contributed by atoms with Crippen molar-refractivity contribution < 1.29 is 13.2 Å². The van der Waals surface area contributed by atoms with E-state index in [9.17, 15) is 13.2 Å². The van der Waals surface area contributed by atoms with Gasteiger partial charge < -0.3 is 5.73 Å². The molecule has 0 fully saturated rings. The molecule has 7 heteroatoms. The minimum absolute atomic E-state index is 0.495. The van der Waals surface area contributed by atoms with Crippen LogP contribution in [0.5, 0.6) is 0 Å². The molecule has 0 saturated heterocycles. The molecule has 0 aliphatic rings. The second kappa shape index (κ2) is 6.60. The quantitative estimate of drug-likeness (QED) is 0.481. The fourth-order valence-corrected chi connectivity index (χ4v) is 3.10. The van der Waals surface area contributed by atoms with Crippen LogP contribution in [0.25, 0.3) is 33.4 Å². The summed E-state index contributed by atoms with van der Waals surface area (Å²) < 4.78 is 38.4. The molecule has 2 heterocycles. The first-order valence-electron chi connectivity index (χ1n) is 8.50. The Balaban J connectivity index is 1.84. The Hall–Kier alpha value is -3.48. The van der Waals surface area contributed by atoms with E-state index in [1.165, 1.54) is 12.1 Å². The van der Waals surface area contributed by atoms with Gasteiger partial charge in [-0.2, -0.15) is 13.2 Å². The molecule has 2 aromatic heterocycles. The van der Waals surface area contributed by atoms with Crippen molar-refractivity contribution in [3.8, 4) is 22.6 Å². The third-order valence-corrected chi connectivity index (χ3v) is 4.43. The van der Waals surface area contributed by atoms with Gasteiger partial charge in [0, 0.05) is 28.2 Å². The van der Waals surface area contributed by atoms with Crippen LogP contribution < -0.4 is 5.73 Å². The Morgan fingerprint density at radius 2 is 1.57 bits per heavy atom. The predicted molar refractivity (Wildman–Crippen MR) is 102 cm³/mol. The minimum Gasteiger partial charge on any atom is -0.398 e. The molecule has 2 aromatic carbocycles. The predicted octanol–water partition coefficient (Wildman–Crippen LogP) is 5.27. The van der Waals surface area contributed by atoms with Crippen molar-refractivity contribution >= 4 is 16.5 Å². The summed E-state index contributed by atoms with van der Waals surface area (Å²) in [6.45, 7) is 1.73. The number of aryl methyl sites for hydroxylation is 1. The summed E-state index contributed by atoms with van der Waals surface area (Å²) in [5, 5.41) is 1.71. The van der Waals surface area contributed by atoms with Crippen LogP contribution in [0.4, 0.5) is 18.9 Å². The Morgan fingerprint density at radius 1 is 0.857 bits per heavy atom. The number of hydrogen-bond acceptors (Lipinski definition) is 4. The highest BCUT2D eigenvalue weighted by Crippen LogP contribution is 2.32. The number of hydrogen-bond donors (Lipinski definition) is 1. The first kappa shape index (κ1) is 17.9. The first-order valence-corrected chi connectivity index (χ1v) is 8.50. The van der Waals surface area contributed by atoms with Crippen molar-refractivity contribution in [2.75, 3.05) is 5.73 Å². The minimum atomic E-state index is -4.38. The molecule has 0 unspecified atom stereocenters. The number of nitrogen functional groups attached to an aromatic ring is 1. The van der Waals surface area contributed by atoms with Gasteiger partial charge in [-0.25, -0.2) is 9.97 Å². The summed E-state index contributed by atoms with van der Waals surface area (Å²) in [5.74, 6) is 0.495. The van der Waals surface area contributed by atoms with Crippen molar-refractivity contribution in [3.05, 3.63) is 72.2 Å². The number of aromatic nitrogens is 3. The fraction of sp³-hybridized carbons (Fsp3) is 0.0952. The van der Waals surface area contributed by atoms with Crippen molar-refractivity contribution in [2.24, 2.45) is 0 Å². The molecule has 4 aromatic rings. The number of benzene rings is 2. The van der Waals surface area contributed by atoms with Gasteiger partial charge in [-0.3, -0.25) is 4.98 Å². The van der Waals surface area contributed by atoms with Gasteiger partial charge >= 0.3 is 6.18 Å². The lowest BCUT2D eigenvalue weighted by molar-refractivity contribution is -0.137. The second-order valence-electron chi connectivity index (χ2n) is 6.36. The highest BCUT2D eigenvalue weighted by molar-refractivity contribution is 6.00. The number of rotatable bonds is 2. The number of nitrogens with two attached hydrogens (primary N) is 1. The number of fused-ring (bicyclic) bond motifs is 1. The maximum Gasteiger partial charge on any atom is 0.416 e. The van der Waals surface area contributed by atoms with Crippen molar-refractivity contribution in [3.63, 3.8) is 0 Å². The largest absolute Gasteiger partial charge is 0.416 e. The number of alkyl halides is 3. The third kappa shape index (κ3) is 3.26. The van der Waals surface area contributed by atoms with E-state index in [1.807, 2.05) is 24.3 Å². The Morgan fingerprint density at radius 3 is 2.29 bits per heavy atom. The molecule has 4 rings (SSSR count). The van der Waals surface area contributed by atoms with Gasteiger partial charge in [-0.05, 0) is 37.3 Å². The molecule has 0 aliphatic carbocycles. The van der Waals surface area contributed by atoms with Crippen LogP contribution >= 0.6 is 0 Å². The zero-order chi connectivity index (χ0) is 19.9. The lowest BCUT2D eigenvalue weighted by Gasteiger charge is -2.10. The van der Waals surface area contributed by atoms with Gasteiger partial charge in [-0.15, -0.1) is 0 Å². The summed E-state index contributed by atoms with van der Waals surface area (Å²) >= 11 is 0. The number of pyridine rings is 1. The molecule has 0 saturated carbocycles. The zero-order valence-corrected chi connectivity index (χ0v) is 14.8. The molecular formula is C21H15F3N4. The molecule has 4 nitrogen and oxygen atoms in total. The average Bonchev–Trinajstić information content (AvgIpc) is 2.67. The summed E-state index contributed by atoms with van der Waals surface area (Å²) in [7, 11) is 0. The fourth-order valence-electron chi connectivity index (χ4n) is 3.10. The zero-order valence-electron chi connectivity index (χ0n) is 14.8. The van der Waals surface area contributed by atoms with Gasteiger partial charge in [0.25, 0.3) is 0 Å². The number of nitrogens with zero attached hydrogens (tertiary/aromatic N) is 3. The van der Waals surface area contributed by atoms with E-state index in [0.717, 1.165) is 22.9 Å². The van der Waals surface area contributed by atoms with Crippen LogP contribution in [0.15, 0.2) is 60.8 Å². The standard InChI is InChI=1S/C21H15F3N4/c1-12-27-18(13-5-7-14(8-6-13)21(22,23)24)11-19(28-12)20-16-3-2-4-17(25)15(16)9-10-26-20/h2-11H,25H2,1H3. The molecule has 0 radical (unpaired) electrons. The average molecular weight is 380 g/mol. The molecule has 0 amide bonds. The van der Waals surface area contributed by atoms with E-state index in [1.54, 1.807) is 19.2 Å². The second-order valence-corrected chi connectivity index (χ2v) is 6.36. The smallest absolute Gasteiger partial charge is 0.398 e. The summed E-state index contributed by atoms with van der Waals surface area (Å²) in [5.41, 5.74) is 8.30. The topological polar surface area (TPSA) is 64.7 Å². The maximum absolute atomic E-state index is 12.8. The van der Waals surface area contributed by atoms with E-state index >= 15 is 0 Å². The van der Waals surface area contributed by atoms with E-state index in [2.05, 4.69) is 15.0 Å². The van der Waals surface area contributed by atoms with Crippen LogP contribution in [-0.2, 0) is 6.18 Å². The van der Waals surface area contributed by atoms with Crippen molar-refractivity contribution in [2.45, 2.75) is 13.1 Å². The van der Waals surface area contributed by atoms with Crippen LogP contribution in [-0.4, -0.2) is 15.0 Å². The molecule has 0 spiro atoms. The summed E-state index contributed by atoms with van der Waals surface area (Å²) in [4.78, 5) is 13.3. The lowest BCUT2D eigenvalue weighted by atomic mass is 10.0. The van der Waals surface area contributed by atoms with E-state index < -0.39 is 11.7 Å². The Kier molecular flexibility index (Phi) is 4.22. The molecular weight excluding hydrogens is 365 g/mol. The first-order chi connectivity index (χ1) is 13.3. The van der Waals surface area contributed by atoms with Crippen LogP contribution in [0.2, 0.25) is 0 Å². The third-order valence-electron chi connectivity index (χ3n) is 4.43. The molecule has 140 valence electrons. The van der Waals surface area contributed by atoms with Gasteiger partial charge in [0.05, 0.1) is 22.6 Å². The van der Waals surface area contributed by atoms with Gasteiger partial charge in [0.1, 0.15) is 5.82 Å². The van der Waals surface area contributed by atoms with E-state index in [-0.39, 0.29) is 0 Å². The van der Waals surface area contributed by atoms with Gasteiger partial charge in [-0.1, -0.05) is 24.3 Å². The molecule has 0 bridgehead atoms. The van der Waals surface area contributed by atoms with Crippen LogP contribution in [0, 0.1) is 6.92 Å². The molecule has 2 N–H and O–H groups in total. The molecule has 28 heavy (non-hydrogen) atoms. The Labute approximate surface area is 158 Å². The summed E-state index contributed by atoms with van der Waals surface area (Å²) in [6.07, 6.45) is -2.72. The summed E-state index contributed by atoms with van der Waals surface area (Å²) in [6, 6.07) is 14.0. The normalized spacial score (nSPS) is 11.7. The van der Waals surface area contributed by atoms with Gasteiger partial charge in [0.2, 0.25) is 0 Å².